The van der Waals surface area contributed by atoms with Crippen LogP contribution in [-0.4, -0.2) is 44.4 Å². The summed E-state index contributed by atoms with van der Waals surface area (Å²) in [7, 11) is 0. The van der Waals surface area contributed by atoms with E-state index in [0.29, 0.717) is 39.8 Å². The highest BCUT2D eigenvalue weighted by Gasteiger charge is 2.45. The van der Waals surface area contributed by atoms with Crippen molar-refractivity contribution in [2.45, 2.75) is 31.6 Å². The number of benzene rings is 2. The van der Waals surface area contributed by atoms with Gasteiger partial charge in [-0.2, -0.15) is 13.2 Å². The molecule has 0 spiro atoms. The number of fused-ring (bicyclic) bond motifs is 3. The van der Waals surface area contributed by atoms with Crippen LogP contribution >= 0.6 is 11.8 Å². The number of amides is 2. The van der Waals surface area contributed by atoms with Gasteiger partial charge in [0.05, 0.1) is 52.8 Å². The number of hydrogen-bond donors (Lipinski definition) is 2. The molecular weight excluding hydrogens is 583 g/mol. The molecule has 0 aliphatic carbocycles. The second-order valence-electron chi connectivity index (χ2n) is 10.2. The molecule has 12 heteroatoms. The molecule has 0 bridgehead atoms. The van der Waals surface area contributed by atoms with Crippen LogP contribution in [0.2, 0.25) is 0 Å². The van der Waals surface area contributed by atoms with Crippen molar-refractivity contribution in [3.63, 3.8) is 0 Å². The van der Waals surface area contributed by atoms with Gasteiger partial charge in [-0.15, -0.1) is 11.8 Å². The molecule has 43 heavy (non-hydrogen) atoms. The van der Waals surface area contributed by atoms with Gasteiger partial charge in [-0.1, -0.05) is 24.3 Å². The minimum atomic E-state index is -4.46. The van der Waals surface area contributed by atoms with Gasteiger partial charge in [0.2, 0.25) is 0 Å². The molecule has 2 N–H and O–H groups in total. The molecule has 1 atom stereocenters. The maximum atomic E-state index is 13.5. The quantitative estimate of drug-likeness (QED) is 0.254. The minimum absolute atomic E-state index is 0.134. The fourth-order valence-electron chi connectivity index (χ4n) is 5.42. The first-order valence-corrected chi connectivity index (χ1v) is 14.5. The van der Waals surface area contributed by atoms with E-state index in [9.17, 15) is 32.7 Å². The number of aromatic carboxylic acids is 1. The Hall–Kier alpha value is -4.58. The molecule has 2 aromatic heterocycles. The number of carboxylic acid groups (broad SMARTS) is 1. The zero-order valence-electron chi connectivity index (χ0n) is 22.5. The standard InChI is InChI=1S/C31H24F3N3O5S/c32-31(33,34)20-10-3-17(4-11-20)5-12-22-25(30(40)41)24(26-27(36-22)23-15-43-16-37(23)29(26)39)18-6-8-19(9-7-18)28(38)35-14-21-2-1-13-42-21/h1-4,6-11,13,23H,5,12,14-16H2,(H,35,38)(H,40,41)/t23-/m0/s1. The van der Waals surface area contributed by atoms with Crippen LogP contribution in [0.4, 0.5) is 13.2 Å². The number of aryl methyl sites for hydroxylation is 2. The lowest BCUT2D eigenvalue weighted by Gasteiger charge is -2.17. The van der Waals surface area contributed by atoms with E-state index < -0.39 is 17.7 Å². The fourth-order valence-corrected chi connectivity index (χ4v) is 6.58. The summed E-state index contributed by atoms with van der Waals surface area (Å²) in [5.41, 5.74) is 1.67. The molecule has 6 rings (SSSR count). The van der Waals surface area contributed by atoms with Crippen molar-refractivity contribution in [2.24, 2.45) is 0 Å². The molecule has 4 aromatic rings. The Morgan fingerprint density at radius 2 is 1.79 bits per heavy atom. The Morgan fingerprint density at radius 1 is 1.05 bits per heavy atom. The van der Waals surface area contributed by atoms with Crippen molar-refractivity contribution in [1.29, 1.82) is 0 Å². The first-order valence-electron chi connectivity index (χ1n) is 13.4. The number of carbonyl (C=O) groups is 3. The maximum absolute atomic E-state index is 13.5. The van der Waals surface area contributed by atoms with Crippen molar-refractivity contribution in [3.8, 4) is 11.1 Å². The molecule has 220 valence electrons. The molecule has 2 amide bonds. The summed E-state index contributed by atoms with van der Waals surface area (Å²) in [6.07, 6.45) is -2.57. The smallest absolute Gasteiger partial charge is 0.416 e. The van der Waals surface area contributed by atoms with Crippen LogP contribution in [0.25, 0.3) is 11.1 Å². The monoisotopic (exact) mass is 607 g/mol. The predicted molar refractivity (Wildman–Crippen MR) is 152 cm³/mol. The Balaban J connectivity index is 1.36. The molecule has 2 aliphatic rings. The molecule has 0 unspecified atom stereocenters. The third-order valence-corrected chi connectivity index (χ3v) is 8.57. The van der Waals surface area contributed by atoms with E-state index in [1.807, 2.05) is 0 Å². The second-order valence-corrected chi connectivity index (χ2v) is 11.2. The third-order valence-electron chi connectivity index (χ3n) is 7.56. The van der Waals surface area contributed by atoms with Gasteiger partial charge in [-0.3, -0.25) is 14.6 Å². The highest BCUT2D eigenvalue weighted by atomic mass is 32.2. The molecule has 2 aliphatic heterocycles. The number of alkyl halides is 3. The van der Waals surface area contributed by atoms with Gasteiger partial charge in [0.25, 0.3) is 11.8 Å². The van der Waals surface area contributed by atoms with E-state index in [2.05, 4.69) is 5.32 Å². The van der Waals surface area contributed by atoms with Gasteiger partial charge >= 0.3 is 12.1 Å². The molecule has 4 heterocycles. The van der Waals surface area contributed by atoms with Crippen LogP contribution in [0.1, 0.15) is 65.4 Å². The summed E-state index contributed by atoms with van der Waals surface area (Å²) in [4.78, 5) is 45.4. The molecule has 2 aromatic carbocycles. The fraction of sp³-hybridized carbons (Fsp3) is 0.226. The SMILES string of the molecule is O=C(NCc1ccco1)c1ccc(-c2c(C(=O)O)c(CCc3ccc(C(F)(F)F)cc3)nc3c2C(=O)N2CSC[C@@H]32)cc1. The highest BCUT2D eigenvalue weighted by molar-refractivity contribution is 7.99. The zero-order valence-corrected chi connectivity index (χ0v) is 23.3. The summed E-state index contributed by atoms with van der Waals surface area (Å²) >= 11 is 1.58. The number of halogens is 3. The van der Waals surface area contributed by atoms with Gasteiger partial charge in [-0.05, 0) is 60.4 Å². The Labute approximate surface area is 247 Å². The second kappa shape index (κ2) is 11.3. The van der Waals surface area contributed by atoms with E-state index in [-0.39, 0.29) is 59.6 Å². The average molecular weight is 608 g/mol. The van der Waals surface area contributed by atoms with E-state index in [1.165, 1.54) is 18.4 Å². The lowest BCUT2D eigenvalue weighted by Crippen LogP contribution is -2.23. The number of hydrogen-bond acceptors (Lipinski definition) is 6. The summed E-state index contributed by atoms with van der Waals surface area (Å²) in [5, 5.41) is 13.1. The summed E-state index contributed by atoms with van der Waals surface area (Å²) < 4.78 is 44.3. The first kappa shape index (κ1) is 28.5. The van der Waals surface area contributed by atoms with Crippen LogP contribution in [0.3, 0.4) is 0 Å². The van der Waals surface area contributed by atoms with E-state index in [1.54, 1.807) is 53.1 Å². The van der Waals surface area contributed by atoms with Crippen LogP contribution in [0, 0.1) is 0 Å². The first-order chi connectivity index (χ1) is 20.6. The molecule has 0 saturated carbocycles. The number of carboxylic acids is 1. The summed E-state index contributed by atoms with van der Waals surface area (Å²) in [6, 6.07) is 14.2. The molecule has 0 radical (unpaired) electrons. The highest BCUT2D eigenvalue weighted by Crippen LogP contribution is 2.46. The third kappa shape index (κ3) is 5.50. The van der Waals surface area contributed by atoms with Crippen molar-refractivity contribution < 1.29 is 37.1 Å². The Morgan fingerprint density at radius 3 is 2.44 bits per heavy atom. The number of thioether (sulfide) groups is 1. The van der Waals surface area contributed by atoms with Crippen molar-refractivity contribution in [3.05, 3.63) is 112 Å². The van der Waals surface area contributed by atoms with Gasteiger partial charge < -0.3 is 19.7 Å². The van der Waals surface area contributed by atoms with Crippen LogP contribution in [0.15, 0.2) is 71.3 Å². The lowest BCUT2D eigenvalue weighted by atomic mass is 9.90. The van der Waals surface area contributed by atoms with Gasteiger partial charge in [0.1, 0.15) is 5.76 Å². The number of nitrogens with zero attached hydrogens (tertiary/aromatic N) is 2. The topological polar surface area (TPSA) is 113 Å². The Kier molecular flexibility index (Phi) is 7.47. The molecular formula is C31H24F3N3O5S. The van der Waals surface area contributed by atoms with Crippen LogP contribution < -0.4 is 5.32 Å². The maximum Gasteiger partial charge on any atom is 0.416 e. The summed E-state index contributed by atoms with van der Waals surface area (Å²) in [5.74, 6) is -0.272. The number of aromatic nitrogens is 1. The largest absolute Gasteiger partial charge is 0.478 e. The number of rotatable bonds is 8. The lowest BCUT2D eigenvalue weighted by molar-refractivity contribution is -0.137. The van der Waals surface area contributed by atoms with Crippen molar-refractivity contribution >= 4 is 29.5 Å². The number of furan rings is 1. The molecule has 8 nitrogen and oxygen atoms in total. The normalized spacial score (nSPS) is 15.8. The van der Waals surface area contributed by atoms with Crippen molar-refractivity contribution in [2.75, 3.05) is 11.6 Å². The van der Waals surface area contributed by atoms with E-state index in [0.717, 1.165) is 12.1 Å². The Bertz CT molecular complexity index is 1700. The minimum Gasteiger partial charge on any atom is -0.478 e. The van der Waals surface area contributed by atoms with Gasteiger partial charge in [0.15, 0.2) is 0 Å². The molecule has 1 saturated heterocycles. The number of pyridine rings is 1. The van der Waals surface area contributed by atoms with Crippen LogP contribution in [0.5, 0.6) is 0 Å². The van der Waals surface area contributed by atoms with E-state index >= 15 is 0 Å². The summed E-state index contributed by atoms with van der Waals surface area (Å²) in [6.45, 7) is 0.195. The van der Waals surface area contributed by atoms with Gasteiger partial charge in [0, 0.05) is 16.9 Å². The predicted octanol–water partition coefficient (Wildman–Crippen LogP) is 5.98. The van der Waals surface area contributed by atoms with E-state index in [4.69, 9.17) is 9.40 Å². The zero-order chi connectivity index (χ0) is 30.3. The number of carbonyl (C=O) groups excluding carboxylic acids is 2. The number of nitrogens with one attached hydrogen (secondary N) is 1. The average Bonchev–Trinajstić information content (AvgIpc) is 3.74. The molecule has 1 fully saturated rings. The van der Waals surface area contributed by atoms with Gasteiger partial charge in [-0.25, -0.2) is 4.79 Å². The van der Waals surface area contributed by atoms with Crippen LogP contribution in [-0.2, 0) is 25.6 Å². The van der Waals surface area contributed by atoms with Crippen molar-refractivity contribution in [1.82, 2.24) is 15.2 Å².